The van der Waals surface area contributed by atoms with Crippen LogP contribution < -0.4 is 4.74 Å². The number of carbonyl (C=O) groups is 2. The normalized spacial score (nSPS) is 19.7. The molecule has 158 valence electrons. The molecule has 1 unspecified atom stereocenters. The van der Waals surface area contributed by atoms with Gasteiger partial charge in [-0.2, -0.15) is 0 Å². The van der Waals surface area contributed by atoms with Crippen molar-refractivity contribution >= 4 is 11.8 Å². The number of aryl methyl sites for hydroxylation is 1. The van der Waals surface area contributed by atoms with E-state index in [4.69, 9.17) is 4.74 Å². The van der Waals surface area contributed by atoms with Crippen LogP contribution in [0.1, 0.15) is 53.3 Å². The molecule has 1 spiro atoms. The maximum Gasteiger partial charge on any atom is 0.272 e. The van der Waals surface area contributed by atoms with Crippen molar-refractivity contribution in [2.75, 3.05) is 27.2 Å². The molecule has 30 heavy (non-hydrogen) atoms. The van der Waals surface area contributed by atoms with E-state index < -0.39 is 0 Å². The fourth-order valence-electron chi connectivity index (χ4n) is 4.57. The molecule has 6 nitrogen and oxygen atoms in total. The summed E-state index contributed by atoms with van der Waals surface area (Å²) in [6.45, 7) is 3.15. The molecule has 0 aliphatic carbocycles. The Balaban J connectivity index is 1.50. The monoisotopic (exact) mass is 407 g/mol. The molecule has 2 aromatic rings. The molecule has 0 saturated carbocycles. The van der Waals surface area contributed by atoms with Crippen LogP contribution >= 0.6 is 0 Å². The van der Waals surface area contributed by atoms with Crippen LogP contribution in [0.4, 0.5) is 0 Å². The third kappa shape index (κ3) is 4.04. The van der Waals surface area contributed by atoms with Crippen molar-refractivity contribution in [3.63, 3.8) is 0 Å². The maximum atomic E-state index is 12.9. The number of piperidine rings is 1. The summed E-state index contributed by atoms with van der Waals surface area (Å²) in [6.07, 6.45) is 2.79. The van der Waals surface area contributed by atoms with Crippen LogP contribution in [0.5, 0.6) is 5.75 Å². The standard InChI is InChI=1S/C24H29N3O3/c1-17-7-6-9-20(25-17)23(29)27-13-11-24(12-14-27)16-18(15-22(28)26(2)3)19-8-4-5-10-21(19)30-24/h4-10,18H,11-16H2,1-3H3. The van der Waals surface area contributed by atoms with E-state index in [2.05, 4.69) is 11.1 Å². The van der Waals surface area contributed by atoms with Crippen LogP contribution in [0, 0.1) is 6.92 Å². The van der Waals surface area contributed by atoms with E-state index in [1.165, 1.54) is 0 Å². The number of fused-ring (bicyclic) bond motifs is 1. The van der Waals surface area contributed by atoms with Crippen LogP contribution in [-0.4, -0.2) is 59.4 Å². The third-order valence-corrected chi connectivity index (χ3v) is 6.29. The summed E-state index contributed by atoms with van der Waals surface area (Å²) < 4.78 is 6.51. The molecule has 4 rings (SSSR count). The minimum absolute atomic E-state index is 0.0240. The van der Waals surface area contributed by atoms with Gasteiger partial charge in [0.25, 0.3) is 5.91 Å². The molecule has 1 fully saturated rings. The Morgan fingerprint density at radius 2 is 1.87 bits per heavy atom. The highest BCUT2D eigenvalue weighted by Gasteiger charge is 2.44. The summed E-state index contributed by atoms with van der Waals surface area (Å²) in [5.74, 6) is 1.11. The van der Waals surface area contributed by atoms with E-state index in [1.54, 1.807) is 25.1 Å². The number of aromatic nitrogens is 1. The van der Waals surface area contributed by atoms with Crippen molar-refractivity contribution in [3.8, 4) is 5.75 Å². The average Bonchev–Trinajstić information content (AvgIpc) is 2.73. The van der Waals surface area contributed by atoms with Crippen molar-refractivity contribution < 1.29 is 14.3 Å². The Morgan fingerprint density at radius 1 is 1.13 bits per heavy atom. The number of hydrogen-bond donors (Lipinski definition) is 0. The third-order valence-electron chi connectivity index (χ3n) is 6.29. The number of benzene rings is 1. The smallest absolute Gasteiger partial charge is 0.272 e. The first-order chi connectivity index (χ1) is 14.4. The molecule has 1 aromatic carbocycles. The Hall–Kier alpha value is -2.89. The largest absolute Gasteiger partial charge is 0.487 e. The van der Waals surface area contributed by atoms with Crippen LogP contribution in [-0.2, 0) is 4.79 Å². The van der Waals surface area contributed by atoms with Crippen LogP contribution in [0.3, 0.4) is 0 Å². The van der Waals surface area contributed by atoms with Crippen molar-refractivity contribution in [2.24, 2.45) is 0 Å². The van der Waals surface area contributed by atoms with Gasteiger partial charge in [-0.15, -0.1) is 0 Å². The quantitative estimate of drug-likeness (QED) is 0.782. The highest BCUT2D eigenvalue weighted by Crippen LogP contribution is 2.46. The first-order valence-corrected chi connectivity index (χ1v) is 10.6. The first kappa shape index (κ1) is 20.4. The number of likely N-dealkylation sites (tertiary alicyclic amines) is 1. The lowest BCUT2D eigenvalue weighted by Crippen LogP contribution is -2.52. The van der Waals surface area contributed by atoms with Gasteiger partial charge < -0.3 is 14.5 Å². The maximum absolute atomic E-state index is 12.9. The molecule has 2 amide bonds. The van der Waals surface area contributed by atoms with E-state index in [1.807, 2.05) is 42.2 Å². The Labute approximate surface area is 177 Å². The van der Waals surface area contributed by atoms with Crippen molar-refractivity contribution in [2.45, 2.75) is 44.1 Å². The molecule has 3 heterocycles. The van der Waals surface area contributed by atoms with Gasteiger partial charge in [-0.3, -0.25) is 9.59 Å². The second-order valence-electron chi connectivity index (χ2n) is 8.67. The molecule has 2 aliphatic rings. The zero-order valence-electron chi connectivity index (χ0n) is 17.9. The van der Waals surface area contributed by atoms with Gasteiger partial charge in [-0.25, -0.2) is 4.98 Å². The summed E-state index contributed by atoms with van der Waals surface area (Å²) >= 11 is 0. The molecule has 0 N–H and O–H groups in total. The topological polar surface area (TPSA) is 62.7 Å². The number of carbonyl (C=O) groups excluding carboxylic acids is 2. The number of pyridine rings is 1. The minimum atomic E-state index is -0.331. The van der Waals surface area contributed by atoms with Crippen molar-refractivity contribution in [3.05, 3.63) is 59.4 Å². The molecule has 1 aromatic heterocycles. The van der Waals surface area contributed by atoms with Gasteiger partial charge >= 0.3 is 0 Å². The Kier molecular flexibility index (Phi) is 5.50. The van der Waals surface area contributed by atoms with Gasteiger partial charge in [0.05, 0.1) is 0 Å². The number of ether oxygens (including phenoxy) is 1. The Bertz CT molecular complexity index is 948. The predicted octanol–water partition coefficient (Wildman–Crippen LogP) is 3.41. The van der Waals surface area contributed by atoms with E-state index in [9.17, 15) is 9.59 Å². The molecular formula is C24H29N3O3. The molecule has 1 atom stereocenters. The van der Waals surface area contributed by atoms with E-state index in [0.717, 1.165) is 36.3 Å². The zero-order valence-corrected chi connectivity index (χ0v) is 17.9. The van der Waals surface area contributed by atoms with Gasteiger partial charge in [0.1, 0.15) is 17.0 Å². The van der Waals surface area contributed by atoms with Crippen LogP contribution in [0.2, 0.25) is 0 Å². The lowest BCUT2D eigenvalue weighted by molar-refractivity contribution is -0.129. The lowest BCUT2D eigenvalue weighted by Gasteiger charge is -2.47. The van der Waals surface area contributed by atoms with Crippen LogP contribution in [0.15, 0.2) is 42.5 Å². The number of rotatable bonds is 3. The van der Waals surface area contributed by atoms with E-state index >= 15 is 0 Å². The summed E-state index contributed by atoms with van der Waals surface area (Å²) in [7, 11) is 3.60. The molecule has 1 saturated heterocycles. The fraction of sp³-hybridized carbons (Fsp3) is 0.458. The number of hydrogen-bond acceptors (Lipinski definition) is 4. The zero-order chi connectivity index (χ0) is 21.3. The summed E-state index contributed by atoms with van der Waals surface area (Å²) in [5.41, 5.74) is 2.12. The van der Waals surface area contributed by atoms with Gasteiger partial charge in [0.15, 0.2) is 0 Å². The minimum Gasteiger partial charge on any atom is -0.487 e. The lowest BCUT2D eigenvalue weighted by atomic mass is 9.76. The summed E-state index contributed by atoms with van der Waals surface area (Å²) in [6, 6.07) is 13.6. The molecule has 0 radical (unpaired) electrons. The first-order valence-electron chi connectivity index (χ1n) is 10.6. The van der Waals surface area contributed by atoms with Crippen molar-refractivity contribution in [1.82, 2.24) is 14.8 Å². The number of nitrogens with zero attached hydrogens (tertiary/aromatic N) is 3. The molecule has 6 heteroatoms. The second kappa shape index (κ2) is 8.09. The van der Waals surface area contributed by atoms with Gasteiger partial charge in [-0.1, -0.05) is 24.3 Å². The molecular weight excluding hydrogens is 378 g/mol. The van der Waals surface area contributed by atoms with Gasteiger partial charge in [-0.05, 0) is 37.1 Å². The van der Waals surface area contributed by atoms with Gasteiger partial charge in [0.2, 0.25) is 5.91 Å². The number of amides is 2. The van der Waals surface area contributed by atoms with Crippen molar-refractivity contribution in [1.29, 1.82) is 0 Å². The number of para-hydroxylation sites is 1. The van der Waals surface area contributed by atoms with E-state index in [0.29, 0.717) is 25.2 Å². The van der Waals surface area contributed by atoms with E-state index in [-0.39, 0.29) is 23.3 Å². The van der Waals surface area contributed by atoms with Gasteiger partial charge in [0, 0.05) is 58.1 Å². The molecule has 0 bridgehead atoms. The second-order valence-corrected chi connectivity index (χ2v) is 8.67. The fourth-order valence-corrected chi connectivity index (χ4v) is 4.57. The average molecular weight is 408 g/mol. The highest BCUT2D eigenvalue weighted by atomic mass is 16.5. The van der Waals surface area contributed by atoms with Crippen LogP contribution in [0.25, 0.3) is 0 Å². The SMILES string of the molecule is Cc1cccc(C(=O)N2CCC3(CC2)CC(CC(=O)N(C)C)c2ccccc2O3)n1. The summed E-state index contributed by atoms with van der Waals surface area (Å²) in [4.78, 5) is 33.2. The highest BCUT2D eigenvalue weighted by molar-refractivity contribution is 5.92. The molecule has 2 aliphatic heterocycles. The predicted molar refractivity (Wildman–Crippen MR) is 115 cm³/mol. The Morgan fingerprint density at radius 3 is 2.57 bits per heavy atom. The summed E-state index contributed by atoms with van der Waals surface area (Å²) in [5, 5.41) is 0.